The Morgan fingerprint density at radius 2 is 1.91 bits per heavy atom. The van der Waals surface area contributed by atoms with Gasteiger partial charge in [0, 0.05) is 16.3 Å². The smallest absolute Gasteiger partial charge is 0.329 e. The van der Waals surface area contributed by atoms with Crippen molar-refractivity contribution in [1.82, 2.24) is 10.7 Å². The summed E-state index contributed by atoms with van der Waals surface area (Å²) in [5.74, 6) is -1.28. The Hall–Kier alpha value is -4.11. The van der Waals surface area contributed by atoms with E-state index in [-0.39, 0.29) is 19.1 Å². The van der Waals surface area contributed by atoms with Crippen LogP contribution in [0.15, 0.2) is 70.4 Å². The number of hydrazone groups is 1. The first-order valence-corrected chi connectivity index (χ1v) is 10.2. The first-order valence-electron chi connectivity index (χ1n) is 9.84. The number of nitrogens with zero attached hydrogens (tertiary/aromatic N) is 1. The van der Waals surface area contributed by atoms with Crippen LogP contribution in [0.5, 0.6) is 5.75 Å². The SMILES string of the molecule is Cc1ccc(Cl)cc1NC(=O)COc1ccccc1/C=N\NC(=O)C(=O)NCc1ccco1. The van der Waals surface area contributed by atoms with Gasteiger partial charge in [0.15, 0.2) is 6.61 Å². The predicted octanol–water partition coefficient (Wildman–Crippen LogP) is 3.03. The largest absolute Gasteiger partial charge is 0.483 e. The van der Waals surface area contributed by atoms with Gasteiger partial charge < -0.3 is 19.8 Å². The van der Waals surface area contributed by atoms with Gasteiger partial charge in [-0.3, -0.25) is 14.4 Å². The zero-order chi connectivity index (χ0) is 23.6. The highest BCUT2D eigenvalue weighted by Gasteiger charge is 2.13. The molecule has 3 amide bonds. The Labute approximate surface area is 194 Å². The summed E-state index contributed by atoms with van der Waals surface area (Å²) in [5, 5.41) is 9.44. The average molecular weight is 469 g/mol. The highest BCUT2D eigenvalue weighted by Crippen LogP contribution is 2.20. The monoisotopic (exact) mass is 468 g/mol. The standard InChI is InChI=1S/C23H21ClN4O5/c1-15-8-9-17(24)11-19(15)27-21(29)14-33-20-7-3-2-5-16(20)12-26-28-23(31)22(30)25-13-18-6-4-10-32-18/h2-12H,13-14H2,1H3,(H,25,30)(H,27,29)(H,28,31)/b26-12-. The van der Waals surface area contributed by atoms with Gasteiger partial charge in [0.05, 0.1) is 19.0 Å². The number of furan rings is 1. The number of ether oxygens (including phenoxy) is 1. The van der Waals surface area contributed by atoms with Crippen molar-refractivity contribution in [3.8, 4) is 5.75 Å². The van der Waals surface area contributed by atoms with Crippen molar-refractivity contribution < 1.29 is 23.5 Å². The number of nitrogens with one attached hydrogen (secondary N) is 3. The van der Waals surface area contributed by atoms with Crippen LogP contribution in [0.3, 0.4) is 0 Å². The number of hydrogen-bond acceptors (Lipinski definition) is 6. The molecule has 33 heavy (non-hydrogen) atoms. The number of amides is 3. The molecule has 0 atom stereocenters. The van der Waals surface area contributed by atoms with E-state index in [9.17, 15) is 14.4 Å². The molecule has 0 aliphatic heterocycles. The lowest BCUT2D eigenvalue weighted by Crippen LogP contribution is -2.37. The molecule has 3 N–H and O–H groups in total. The number of hydrogen-bond donors (Lipinski definition) is 3. The molecule has 1 aromatic heterocycles. The number of benzene rings is 2. The third-order valence-corrected chi connectivity index (χ3v) is 4.57. The van der Waals surface area contributed by atoms with Crippen molar-refractivity contribution in [2.24, 2.45) is 5.10 Å². The van der Waals surface area contributed by atoms with Crippen LogP contribution < -0.4 is 20.8 Å². The third kappa shape index (κ3) is 7.22. The van der Waals surface area contributed by atoms with Crippen molar-refractivity contribution in [3.63, 3.8) is 0 Å². The minimum Gasteiger partial charge on any atom is -0.483 e. The Balaban J connectivity index is 1.51. The second kappa shape index (κ2) is 11.5. The van der Waals surface area contributed by atoms with Crippen LogP contribution >= 0.6 is 11.6 Å². The molecule has 0 spiro atoms. The van der Waals surface area contributed by atoms with E-state index >= 15 is 0 Å². The molecule has 170 valence electrons. The van der Waals surface area contributed by atoms with Crippen LogP contribution in [0.25, 0.3) is 0 Å². The van der Waals surface area contributed by atoms with Crippen molar-refractivity contribution in [1.29, 1.82) is 0 Å². The van der Waals surface area contributed by atoms with Gasteiger partial charge in [-0.25, -0.2) is 5.43 Å². The second-order valence-electron chi connectivity index (χ2n) is 6.80. The summed E-state index contributed by atoms with van der Waals surface area (Å²) < 4.78 is 10.7. The van der Waals surface area contributed by atoms with Crippen molar-refractivity contribution in [2.45, 2.75) is 13.5 Å². The van der Waals surface area contributed by atoms with Crippen LogP contribution in [0, 0.1) is 6.92 Å². The maximum Gasteiger partial charge on any atom is 0.329 e. The third-order valence-electron chi connectivity index (χ3n) is 4.33. The molecular weight excluding hydrogens is 448 g/mol. The van der Waals surface area contributed by atoms with E-state index in [4.69, 9.17) is 20.8 Å². The van der Waals surface area contributed by atoms with Gasteiger partial charge in [0.1, 0.15) is 11.5 Å². The maximum absolute atomic E-state index is 12.3. The van der Waals surface area contributed by atoms with Crippen LogP contribution in [0.4, 0.5) is 5.69 Å². The molecule has 0 aliphatic rings. The van der Waals surface area contributed by atoms with E-state index < -0.39 is 11.8 Å². The second-order valence-corrected chi connectivity index (χ2v) is 7.23. The molecule has 0 fully saturated rings. The summed E-state index contributed by atoms with van der Waals surface area (Å²) in [7, 11) is 0. The zero-order valence-corrected chi connectivity index (χ0v) is 18.4. The predicted molar refractivity (Wildman–Crippen MR) is 123 cm³/mol. The van der Waals surface area contributed by atoms with Crippen LogP contribution in [0.1, 0.15) is 16.9 Å². The number of carbonyl (C=O) groups excluding carboxylic acids is 3. The number of carbonyl (C=O) groups is 3. The molecule has 3 aromatic rings. The first kappa shape index (κ1) is 23.6. The van der Waals surface area contributed by atoms with Crippen molar-refractivity contribution in [2.75, 3.05) is 11.9 Å². The number of halogens is 1. The molecule has 0 bridgehead atoms. The fourth-order valence-corrected chi connectivity index (χ4v) is 2.82. The van der Waals surface area contributed by atoms with Gasteiger partial charge >= 0.3 is 11.8 Å². The summed E-state index contributed by atoms with van der Waals surface area (Å²) in [4.78, 5) is 35.9. The van der Waals surface area contributed by atoms with E-state index in [2.05, 4.69) is 21.2 Å². The molecular formula is C23H21ClN4O5. The molecule has 0 saturated carbocycles. The molecule has 0 aliphatic carbocycles. The van der Waals surface area contributed by atoms with E-state index in [1.54, 1.807) is 54.6 Å². The minimum absolute atomic E-state index is 0.0798. The van der Waals surface area contributed by atoms with Crippen LogP contribution in [0.2, 0.25) is 5.02 Å². The normalized spacial score (nSPS) is 10.6. The Morgan fingerprint density at radius 3 is 2.70 bits per heavy atom. The molecule has 0 radical (unpaired) electrons. The zero-order valence-electron chi connectivity index (χ0n) is 17.6. The Morgan fingerprint density at radius 1 is 1.09 bits per heavy atom. The summed E-state index contributed by atoms with van der Waals surface area (Å²) in [6.45, 7) is 1.68. The highest BCUT2D eigenvalue weighted by atomic mass is 35.5. The van der Waals surface area contributed by atoms with E-state index in [0.29, 0.717) is 27.8 Å². The quantitative estimate of drug-likeness (QED) is 0.266. The molecule has 10 heteroatoms. The lowest BCUT2D eigenvalue weighted by atomic mass is 10.2. The lowest BCUT2D eigenvalue weighted by molar-refractivity contribution is -0.139. The van der Waals surface area contributed by atoms with Crippen molar-refractivity contribution in [3.05, 3.63) is 82.8 Å². The summed E-state index contributed by atoms with van der Waals surface area (Å²) in [6, 6.07) is 15.3. The van der Waals surface area contributed by atoms with Gasteiger partial charge in [-0.15, -0.1) is 0 Å². The van der Waals surface area contributed by atoms with Crippen molar-refractivity contribution >= 4 is 41.2 Å². The van der Waals surface area contributed by atoms with Gasteiger partial charge in [-0.1, -0.05) is 29.8 Å². The van der Waals surface area contributed by atoms with Gasteiger partial charge in [0.2, 0.25) is 0 Å². The maximum atomic E-state index is 12.3. The summed E-state index contributed by atoms with van der Waals surface area (Å²) in [5.41, 5.74) is 4.10. The average Bonchev–Trinajstić information content (AvgIpc) is 3.33. The van der Waals surface area contributed by atoms with E-state index in [1.807, 2.05) is 6.92 Å². The molecule has 0 saturated heterocycles. The van der Waals surface area contributed by atoms with Gasteiger partial charge in [0.25, 0.3) is 5.91 Å². The van der Waals surface area contributed by atoms with E-state index in [1.165, 1.54) is 12.5 Å². The topological polar surface area (TPSA) is 122 Å². The minimum atomic E-state index is -0.938. The van der Waals surface area contributed by atoms with Crippen LogP contribution in [-0.2, 0) is 20.9 Å². The fourth-order valence-electron chi connectivity index (χ4n) is 2.65. The highest BCUT2D eigenvalue weighted by molar-refractivity contribution is 6.35. The van der Waals surface area contributed by atoms with Gasteiger partial charge in [-0.2, -0.15) is 5.10 Å². The van der Waals surface area contributed by atoms with E-state index in [0.717, 1.165) is 5.56 Å². The number of anilines is 1. The fraction of sp³-hybridized carbons (Fsp3) is 0.130. The lowest BCUT2D eigenvalue weighted by Gasteiger charge is -2.11. The van der Waals surface area contributed by atoms with Crippen LogP contribution in [-0.4, -0.2) is 30.5 Å². The molecule has 2 aromatic carbocycles. The molecule has 1 heterocycles. The summed E-state index contributed by atoms with van der Waals surface area (Å²) in [6.07, 6.45) is 2.78. The number of para-hydroxylation sites is 1. The molecule has 9 nitrogen and oxygen atoms in total. The first-order chi connectivity index (χ1) is 15.9. The Bertz CT molecular complexity index is 1160. The Kier molecular flexibility index (Phi) is 8.20. The van der Waals surface area contributed by atoms with Gasteiger partial charge in [-0.05, 0) is 48.9 Å². The molecule has 0 unspecified atom stereocenters. The molecule has 3 rings (SSSR count). The number of aryl methyl sites for hydroxylation is 1. The summed E-state index contributed by atoms with van der Waals surface area (Å²) >= 11 is 5.97. The number of rotatable bonds is 8.